The van der Waals surface area contributed by atoms with Crippen LogP contribution in [0.5, 0.6) is 0 Å². The van der Waals surface area contributed by atoms with Crippen molar-refractivity contribution in [1.29, 1.82) is 0 Å². The molecule has 0 fully saturated rings. The first-order valence-electron chi connectivity index (χ1n) is 6.19. The number of hydrogen-bond acceptors (Lipinski definition) is 3. The smallest absolute Gasteiger partial charge is 0.257 e. The highest BCUT2D eigenvalue weighted by Crippen LogP contribution is 2.11. The Labute approximate surface area is 127 Å². The molecule has 0 bridgehead atoms. The van der Waals surface area contributed by atoms with Crippen molar-refractivity contribution in [3.63, 3.8) is 0 Å². The monoisotopic (exact) mass is 321 g/mol. The second kappa shape index (κ2) is 10.1. The third-order valence-corrected chi connectivity index (χ3v) is 2.52. The molecule has 0 atom stereocenters. The molecular formula is C13H18ClF2N3O2. The van der Waals surface area contributed by atoms with Crippen LogP contribution in [0, 0.1) is 11.6 Å². The first-order valence-corrected chi connectivity index (χ1v) is 6.19. The van der Waals surface area contributed by atoms with E-state index in [1.807, 2.05) is 0 Å². The molecule has 0 aliphatic heterocycles. The number of amides is 2. The Bertz CT molecular complexity index is 466. The Kier molecular flexibility index (Phi) is 9.23. The van der Waals surface area contributed by atoms with E-state index in [4.69, 9.17) is 0 Å². The third kappa shape index (κ3) is 6.50. The van der Waals surface area contributed by atoms with E-state index < -0.39 is 23.1 Å². The Balaban J connectivity index is 0.00000400. The molecule has 1 aromatic carbocycles. The quantitative estimate of drug-likeness (QED) is 0.652. The van der Waals surface area contributed by atoms with Crippen LogP contribution in [0.25, 0.3) is 0 Å². The average Bonchev–Trinajstić information content (AvgIpc) is 2.41. The molecule has 118 valence electrons. The molecule has 21 heavy (non-hydrogen) atoms. The summed E-state index contributed by atoms with van der Waals surface area (Å²) in [6, 6.07) is 3.21. The lowest BCUT2D eigenvalue weighted by atomic mass is 10.2. The molecule has 5 nitrogen and oxygen atoms in total. The van der Waals surface area contributed by atoms with E-state index in [-0.39, 0.29) is 31.4 Å². The lowest BCUT2D eigenvalue weighted by molar-refractivity contribution is -0.120. The Morgan fingerprint density at radius 1 is 1.05 bits per heavy atom. The number of carbonyl (C=O) groups is 2. The van der Waals surface area contributed by atoms with Crippen molar-refractivity contribution < 1.29 is 18.4 Å². The van der Waals surface area contributed by atoms with E-state index in [9.17, 15) is 18.4 Å². The van der Waals surface area contributed by atoms with E-state index in [1.54, 1.807) is 7.05 Å². The van der Waals surface area contributed by atoms with Crippen LogP contribution in [0.15, 0.2) is 18.2 Å². The number of benzene rings is 1. The van der Waals surface area contributed by atoms with Crippen molar-refractivity contribution in [3.05, 3.63) is 35.4 Å². The van der Waals surface area contributed by atoms with Gasteiger partial charge in [0.25, 0.3) is 5.91 Å². The Hall–Kier alpha value is -1.73. The molecule has 1 rings (SSSR count). The first kappa shape index (κ1) is 19.3. The van der Waals surface area contributed by atoms with Crippen LogP contribution in [0.2, 0.25) is 0 Å². The van der Waals surface area contributed by atoms with Crippen molar-refractivity contribution >= 4 is 24.2 Å². The zero-order valence-corrected chi connectivity index (χ0v) is 12.4. The molecule has 3 N–H and O–H groups in total. The summed E-state index contributed by atoms with van der Waals surface area (Å²) in [6.45, 7) is 0.848. The maximum Gasteiger partial charge on any atom is 0.257 e. The summed E-state index contributed by atoms with van der Waals surface area (Å²) in [4.78, 5) is 22.8. The number of halogens is 3. The summed E-state index contributed by atoms with van der Waals surface area (Å²) in [5.74, 6) is -2.84. The fraction of sp³-hybridized carbons (Fsp3) is 0.385. The largest absolute Gasteiger partial charge is 0.354 e. The van der Waals surface area contributed by atoms with Gasteiger partial charge in [-0.15, -0.1) is 12.4 Å². The molecule has 2 amide bonds. The fourth-order valence-electron chi connectivity index (χ4n) is 1.51. The zero-order valence-electron chi connectivity index (χ0n) is 11.5. The van der Waals surface area contributed by atoms with Gasteiger partial charge in [-0.25, -0.2) is 8.78 Å². The number of nitrogens with one attached hydrogen (secondary N) is 3. The van der Waals surface area contributed by atoms with E-state index in [0.717, 1.165) is 12.1 Å². The van der Waals surface area contributed by atoms with Gasteiger partial charge in [0.2, 0.25) is 5.91 Å². The minimum Gasteiger partial charge on any atom is -0.354 e. The average molecular weight is 322 g/mol. The molecule has 1 aromatic rings. The second-order valence-corrected chi connectivity index (χ2v) is 4.06. The van der Waals surface area contributed by atoms with E-state index in [0.29, 0.717) is 13.0 Å². The highest BCUT2D eigenvalue weighted by atomic mass is 35.5. The van der Waals surface area contributed by atoms with Crippen molar-refractivity contribution in [2.24, 2.45) is 0 Å². The summed E-state index contributed by atoms with van der Waals surface area (Å²) in [5.41, 5.74) is -0.617. The van der Waals surface area contributed by atoms with Crippen molar-refractivity contribution in [2.45, 2.75) is 6.42 Å². The van der Waals surface area contributed by atoms with Gasteiger partial charge in [-0.2, -0.15) is 0 Å². The van der Waals surface area contributed by atoms with E-state index in [2.05, 4.69) is 16.0 Å². The lowest BCUT2D eigenvalue weighted by Gasteiger charge is -2.08. The zero-order chi connectivity index (χ0) is 15.0. The normalized spacial score (nSPS) is 9.67. The van der Waals surface area contributed by atoms with Gasteiger partial charge < -0.3 is 16.0 Å². The van der Waals surface area contributed by atoms with Gasteiger partial charge in [-0.05, 0) is 19.2 Å². The van der Waals surface area contributed by atoms with Crippen LogP contribution in [-0.4, -0.2) is 38.5 Å². The Morgan fingerprint density at radius 2 is 1.62 bits per heavy atom. The topological polar surface area (TPSA) is 70.2 Å². The van der Waals surface area contributed by atoms with Crippen LogP contribution < -0.4 is 16.0 Å². The van der Waals surface area contributed by atoms with Crippen LogP contribution in [-0.2, 0) is 4.79 Å². The van der Waals surface area contributed by atoms with E-state index in [1.165, 1.54) is 6.07 Å². The minimum absolute atomic E-state index is 0. The summed E-state index contributed by atoms with van der Waals surface area (Å²) in [6.07, 6.45) is 0.326. The van der Waals surface area contributed by atoms with Crippen LogP contribution >= 0.6 is 12.4 Å². The maximum absolute atomic E-state index is 13.3. The number of carbonyl (C=O) groups excluding carboxylic acids is 2. The lowest BCUT2D eigenvalue weighted by Crippen LogP contribution is -2.36. The van der Waals surface area contributed by atoms with Gasteiger partial charge in [-0.3, -0.25) is 9.59 Å². The molecule has 0 saturated carbocycles. The molecule has 0 aromatic heterocycles. The summed E-state index contributed by atoms with van der Waals surface area (Å²) < 4.78 is 26.6. The SMILES string of the molecule is CNCCC(=O)NCCNC(=O)c1c(F)cccc1F.Cl. The molecule has 0 aliphatic rings. The minimum atomic E-state index is -0.916. The van der Waals surface area contributed by atoms with Crippen molar-refractivity contribution in [2.75, 3.05) is 26.7 Å². The van der Waals surface area contributed by atoms with Gasteiger partial charge in [0, 0.05) is 26.1 Å². The van der Waals surface area contributed by atoms with Gasteiger partial charge in [0.1, 0.15) is 17.2 Å². The molecule has 0 spiro atoms. The predicted octanol–water partition coefficient (Wildman–Crippen LogP) is 0.842. The molecule has 8 heteroatoms. The van der Waals surface area contributed by atoms with Crippen LogP contribution in [0.4, 0.5) is 8.78 Å². The standard InChI is InChI=1S/C13H17F2N3O2.ClH/c1-16-6-5-11(19)17-7-8-18-13(20)12-9(14)3-2-4-10(12)15;/h2-4,16H,5-8H2,1H3,(H,17,19)(H,18,20);1H. The molecular weight excluding hydrogens is 304 g/mol. The van der Waals surface area contributed by atoms with Crippen LogP contribution in [0.1, 0.15) is 16.8 Å². The summed E-state index contributed by atoms with van der Waals surface area (Å²) >= 11 is 0. The van der Waals surface area contributed by atoms with Crippen LogP contribution in [0.3, 0.4) is 0 Å². The fourth-order valence-corrected chi connectivity index (χ4v) is 1.51. The second-order valence-electron chi connectivity index (χ2n) is 4.06. The number of rotatable bonds is 7. The molecule has 0 saturated heterocycles. The van der Waals surface area contributed by atoms with Gasteiger partial charge in [0.05, 0.1) is 0 Å². The van der Waals surface area contributed by atoms with Gasteiger partial charge in [0.15, 0.2) is 0 Å². The molecule has 0 radical (unpaired) electrons. The number of hydrogen-bond donors (Lipinski definition) is 3. The summed E-state index contributed by atoms with van der Waals surface area (Å²) in [7, 11) is 1.73. The van der Waals surface area contributed by atoms with Crippen molar-refractivity contribution in [1.82, 2.24) is 16.0 Å². The third-order valence-electron chi connectivity index (χ3n) is 2.52. The van der Waals surface area contributed by atoms with E-state index >= 15 is 0 Å². The van der Waals surface area contributed by atoms with Gasteiger partial charge >= 0.3 is 0 Å². The van der Waals surface area contributed by atoms with Gasteiger partial charge in [-0.1, -0.05) is 6.07 Å². The molecule has 0 aliphatic carbocycles. The molecule has 0 heterocycles. The maximum atomic E-state index is 13.3. The predicted molar refractivity (Wildman–Crippen MR) is 77.5 cm³/mol. The highest BCUT2D eigenvalue weighted by molar-refractivity contribution is 5.94. The van der Waals surface area contributed by atoms with Crippen molar-refractivity contribution in [3.8, 4) is 0 Å². The highest BCUT2D eigenvalue weighted by Gasteiger charge is 2.16. The Morgan fingerprint density at radius 3 is 2.19 bits per heavy atom. The first-order chi connectivity index (χ1) is 9.56. The summed E-state index contributed by atoms with van der Waals surface area (Å²) in [5, 5.41) is 7.74. The molecule has 0 unspecified atom stereocenters.